The highest BCUT2D eigenvalue weighted by Gasteiger charge is 2.56. The molecular weight excluding hydrogens is 584 g/mol. The fourth-order valence-electron chi connectivity index (χ4n) is 4.21. The summed E-state index contributed by atoms with van der Waals surface area (Å²) in [5.41, 5.74) is -1.34. The van der Waals surface area contributed by atoms with Crippen LogP contribution >= 0.6 is 46.4 Å². The van der Waals surface area contributed by atoms with Crippen molar-refractivity contribution in [2.24, 2.45) is 0 Å². The van der Waals surface area contributed by atoms with Gasteiger partial charge in [0.15, 0.2) is 6.17 Å². The van der Waals surface area contributed by atoms with Gasteiger partial charge >= 0.3 is 12.1 Å². The van der Waals surface area contributed by atoms with E-state index < -0.39 is 41.9 Å². The van der Waals surface area contributed by atoms with Gasteiger partial charge in [-0.15, -0.1) is 0 Å². The maximum atomic E-state index is 14.5. The second kappa shape index (κ2) is 10.7. The minimum Gasteiger partial charge on any atom is -0.311 e. The number of amides is 4. The number of nitrogens with one attached hydrogen (secondary N) is 1. The molecule has 3 aromatic rings. The van der Waals surface area contributed by atoms with Crippen LogP contribution in [0, 0.1) is 11.6 Å². The van der Waals surface area contributed by atoms with Crippen molar-refractivity contribution in [3.8, 4) is 0 Å². The second-order valence-corrected chi connectivity index (χ2v) is 10.6. The van der Waals surface area contributed by atoms with Crippen LogP contribution in [0.2, 0.25) is 20.1 Å². The minimum atomic E-state index is -1.39. The normalized spacial score (nSPS) is 16.7. The Morgan fingerprint density at radius 3 is 2.13 bits per heavy atom. The molecule has 3 aromatic carbocycles. The lowest BCUT2D eigenvalue weighted by Gasteiger charge is -2.38. The minimum absolute atomic E-state index is 0.108. The zero-order valence-corrected chi connectivity index (χ0v) is 22.9. The molecule has 1 saturated heterocycles. The highest BCUT2D eigenvalue weighted by molar-refractivity contribution is 6.42. The first-order valence-electron chi connectivity index (χ1n) is 11.1. The van der Waals surface area contributed by atoms with Crippen molar-refractivity contribution in [3.05, 3.63) is 91.9 Å². The number of rotatable bonds is 5. The first kappa shape index (κ1) is 28.2. The smallest absolute Gasteiger partial charge is 0.311 e. The number of hydroxylamine groups is 2. The number of carbonyl (C=O) groups is 2. The summed E-state index contributed by atoms with van der Waals surface area (Å²) in [6, 6.07) is 10.2. The lowest BCUT2D eigenvalue weighted by Crippen LogP contribution is -2.58. The molecule has 0 aromatic heterocycles. The van der Waals surface area contributed by atoms with Crippen LogP contribution in [-0.4, -0.2) is 38.9 Å². The van der Waals surface area contributed by atoms with Crippen LogP contribution in [0.3, 0.4) is 0 Å². The number of carbonyl (C=O) groups excluding carboxylic acids is 2. The van der Waals surface area contributed by atoms with E-state index in [1.54, 1.807) is 13.8 Å². The third-order valence-electron chi connectivity index (χ3n) is 6.18. The number of nitrogens with zero attached hydrogens (tertiary/aromatic N) is 3. The van der Waals surface area contributed by atoms with Crippen molar-refractivity contribution in [2.45, 2.75) is 32.1 Å². The molecule has 13 heteroatoms. The van der Waals surface area contributed by atoms with Gasteiger partial charge in [-0.25, -0.2) is 18.4 Å². The second-order valence-electron chi connectivity index (χ2n) is 8.97. The fraction of sp³-hybridized carbons (Fsp3) is 0.200. The molecule has 4 amide bonds. The Hall–Kier alpha value is -2.82. The summed E-state index contributed by atoms with van der Waals surface area (Å²) in [7, 11) is 0. The van der Waals surface area contributed by atoms with Gasteiger partial charge in [-0.3, -0.25) is 10.1 Å². The average molecular weight is 604 g/mol. The maximum absolute atomic E-state index is 14.5. The Balaban J connectivity index is 1.75. The van der Waals surface area contributed by atoms with E-state index in [9.17, 15) is 23.6 Å². The van der Waals surface area contributed by atoms with Gasteiger partial charge in [0, 0.05) is 16.9 Å². The van der Waals surface area contributed by atoms with Crippen LogP contribution < -0.4 is 10.2 Å². The van der Waals surface area contributed by atoms with Crippen molar-refractivity contribution in [2.75, 3.05) is 10.2 Å². The van der Waals surface area contributed by atoms with Gasteiger partial charge in [-0.2, -0.15) is 5.06 Å². The molecule has 0 aliphatic carbocycles. The first-order valence-corrected chi connectivity index (χ1v) is 12.6. The molecule has 7 nitrogen and oxygen atoms in total. The monoisotopic (exact) mass is 602 g/mol. The van der Waals surface area contributed by atoms with E-state index in [4.69, 9.17) is 46.4 Å². The molecule has 1 atom stereocenters. The molecule has 38 heavy (non-hydrogen) atoms. The summed E-state index contributed by atoms with van der Waals surface area (Å²) in [4.78, 5) is 29.1. The molecule has 0 bridgehead atoms. The lowest BCUT2D eigenvalue weighted by atomic mass is 9.99. The van der Waals surface area contributed by atoms with E-state index in [2.05, 4.69) is 5.32 Å². The maximum Gasteiger partial charge on any atom is 0.347 e. The largest absolute Gasteiger partial charge is 0.347 e. The molecule has 200 valence electrons. The molecule has 1 heterocycles. The first-order chi connectivity index (χ1) is 17.8. The Morgan fingerprint density at radius 1 is 0.974 bits per heavy atom. The molecule has 1 aliphatic heterocycles. The highest BCUT2D eigenvalue weighted by Crippen LogP contribution is 2.41. The van der Waals surface area contributed by atoms with Crippen LogP contribution in [0.25, 0.3) is 0 Å². The molecular formula is C25H20Cl4F2N4O3. The number of hydrogen-bond donors (Lipinski definition) is 2. The van der Waals surface area contributed by atoms with Gasteiger partial charge in [0.1, 0.15) is 11.6 Å². The van der Waals surface area contributed by atoms with Gasteiger partial charge in [-0.1, -0.05) is 52.5 Å². The Kier molecular flexibility index (Phi) is 7.97. The Bertz CT molecular complexity index is 1410. The lowest BCUT2D eigenvalue weighted by molar-refractivity contribution is -0.0955. The van der Waals surface area contributed by atoms with Gasteiger partial charge in [0.25, 0.3) is 0 Å². The number of hydrogen-bond acceptors (Lipinski definition) is 3. The highest BCUT2D eigenvalue weighted by atomic mass is 35.5. The molecule has 2 N–H and O–H groups in total. The summed E-state index contributed by atoms with van der Waals surface area (Å²) < 4.78 is 29.0. The van der Waals surface area contributed by atoms with E-state index in [1.807, 2.05) is 0 Å². The number of halogens is 6. The average Bonchev–Trinajstić information content (AvgIpc) is 3.04. The van der Waals surface area contributed by atoms with E-state index in [0.717, 1.165) is 21.9 Å². The topological polar surface area (TPSA) is 76.1 Å². The summed E-state index contributed by atoms with van der Waals surface area (Å²) in [6.07, 6.45) is -1.38. The van der Waals surface area contributed by atoms with Crippen molar-refractivity contribution < 1.29 is 23.6 Å². The van der Waals surface area contributed by atoms with Crippen LogP contribution in [0.15, 0.2) is 54.6 Å². The third kappa shape index (κ3) is 5.21. The van der Waals surface area contributed by atoms with Crippen LogP contribution in [-0.2, 0) is 6.54 Å². The molecule has 0 saturated carbocycles. The predicted molar refractivity (Wildman–Crippen MR) is 143 cm³/mol. The van der Waals surface area contributed by atoms with Crippen molar-refractivity contribution in [1.29, 1.82) is 0 Å². The Morgan fingerprint density at radius 2 is 1.55 bits per heavy atom. The van der Waals surface area contributed by atoms with Gasteiger partial charge in [0.05, 0.1) is 32.2 Å². The molecule has 1 fully saturated rings. The van der Waals surface area contributed by atoms with Crippen molar-refractivity contribution >= 4 is 69.8 Å². The molecule has 0 spiro atoms. The van der Waals surface area contributed by atoms with Gasteiger partial charge in [-0.05, 0) is 62.4 Å². The van der Waals surface area contributed by atoms with E-state index in [1.165, 1.54) is 42.5 Å². The Labute approximate surface area is 237 Å². The summed E-state index contributed by atoms with van der Waals surface area (Å²) in [6.45, 7) is 2.60. The zero-order valence-electron chi connectivity index (χ0n) is 19.9. The fourth-order valence-corrected chi connectivity index (χ4v) is 4.80. The predicted octanol–water partition coefficient (Wildman–Crippen LogP) is 8.05. The number of anilines is 2. The summed E-state index contributed by atoms with van der Waals surface area (Å²) in [5.74, 6) is -1.70. The zero-order chi connectivity index (χ0) is 27.9. The molecule has 1 unspecified atom stereocenters. The van der Waals surface area contributed by atoms with Gasteiger partial charge in [0.2, 0.25) is 0 Å². The van der Waals surface area contributed by atoms with Crippen molar-refractivity contribution in [3.63, 3.8) is 0 Å². The van der Waals surface area contributed by atoms with Crippen LogP contribution in [0.1, 0.15) is 19.4 Å². The summed E-state index contributed by atoms with van der Waals surface area (Å²) >= 11 is 24.2. The van der Waals surface area contributed by atoms with Crippen LogP contribution in [0.4, 0.5) is 29.7 Å². The SMILES string of the molecule is CC1(C)C(N(O)C(=O)Nc2ccc(Cl)c(Cl)c2)N(c2ccc(Cl)c(Cl)c2)C(=O)N1Cc1c(F)cccc1F. The number of urea groups is 2. The van der Waals surface area contributed by atoms with Gasteiger partial charge < -0.3 is 10.2 Å². The number of benzene rings is 3. The standard InChI is InChI=1S/C25H20Cl4F2N4O3/c1-25(2)22(35(38)23(36)32-13-6-8-16(26)18(28)10-13)34(14-7-9-17(27)19(29)11-14)24(37)33(25)12-15-20(30)4-3-5-21(15)31/h3-11,22,38H,12H2,1-2H3,(H,32,36). The molecule has 1 aliphatic rings. The van der Waals surface area contributed by atoms with E-state index in [0.29, 0.717) is 5.06 Å². The van der Waals surface area contributed by atoms with E-state index >= 15 is 0 Å². The van der Waals surface area contributed by atoms with Crippen LogP contribution in [0.5, 0.6) is 0 Å². The summed E-state index contributed by atoms with van der Waals surface area (Å²) in [5, 5.41) is 14.7. The quantitative estimate of drug-likeness (QED) is 0.229. The van der Waals surface area contributed by atoms with E-state index in [-0.39, 0.29) is 37.0 Å². The molecule has 0 radical (unpaired) electrons. The van der Waals surface area contributed by atoms with Crippen molar-refractivity contribution in [1.82, 2.24) is 9.96 Å². The third-order valence-corrected chi connectivity index (χ3v) is 7.66. The molecule has 4 rings (SSSR count).